The third-order valence-corrected chi connectivity index (χ3v) is 3.74. The van der Waals surface area contributed by atoms with Crippen molar-refractivity contribution in [3.8, 4) is 0 Å². The van der Waals surface area contributed by atoms with E-state index in [0.717, 1.165) is 6.42 Å². The average Bonchev–Trinajstić information content (AvgIpc) is 2.62. The molecule has 0 saturated heterocycles. The van der Waals surface area contributed by atoms with Crippen molar-refractivity contribution >= 4 is 32.3 Å². The van der Waals surface area contributed by atoms with Crippen molar-refractivity contribution in [3.63, 3.8) is 0 Å². The molecule has 0 unspecified atom stereocenters. The number of rotatable bonds is 0. The van der Waals surface area contributed by atoms with Gasteiger partial charge in [-0.1, -0.05) is 46.3 Å². The molecule has 1 aliphatic carbocycles. The topological polar surface area (TPSA) is 0 Å². The van der Waals surface area contributed by atoms with E-state index in [1.54, 1.807) is 0 Å². The molecule has 0 aromatic heterocycles. The molecule has 2 aromatic rings. The standard InChI is InChI=1S/C14H11Br/c1-9-6-7-12-11-5-3-2-4-10(11)8-13(15)14(9)12/h2-6,8H,7H2,1H3. The van der Waals surface area contributed by atoms with Gasteiger partial charge in [0, 0.05) is 4.47 Å². The maximum Gasteiger partial charge on any atom is 0.0259 e. The number of hydrogen-bond donors (Lipinski definition) is 0. The lowest BCUT2D eigenvalue weighted by Gasteiger charge is -2.09. The Labute approximate surface area is 97.7 Å². The van der Waals surface area contributed by atoms with Gasteiger partial charge in [0.05, 0.1) is 0 Å². The van der Waals surface area contributed by atoms with Crippen LogP contribution in [0, 0.1) is 0 Å². The minimum absolute atomic E-state index is 1.07. The first kappa shape index (κ1) is 9.17. The van der Waals surface area contributed by atoms with E-state index in [1.165, 1.54) is 31.9 Å². The zero-order valence-corrected chi connectivity index (χ0v) is 10.1. The first-order valence-electron chi connectivity index (χ1n) is 5.14. The Balaban J connectivity index is 2.46. The molecule has 15 heavy (non-hydrogen) atoms. The largest absolute Gasteiger partial charge is 0.0765 e. The van der Waals surface area contributed by atoms with Crippen LogP contribution in [-0.4, -0.2) is 0 Å². The Morgan fingerprint density at radius 2 is 2.00 bits per heavy atom. The van der Waals surface area contributed by atoms with Crippen LogP contribution in [0.15, 0.2) is 40.9 Å². The van der Waals surface area contributed by atoms with E-state index >= 15 is 0 Å². The summed E-state index contributed by atoms with van der Waals surface area (Å²) in [5.41, 5.74) is 4.26. The average molecular weight is 259 g/mol. The van der Waals surface area contributed by atoms with Gasteiger partial charge in [-0.05, 0) is 46.9 Å². The molecule has 0 fully saturated rings. The minimum Gasteiger partial charge on any atom is -0.0765 e. The van der Waals surface area contributed by atoms with Gasteiger partial charge in [-0.3, -0.25) is 0 Å². The zero-order chi connectivity index (χ0) is 10.4. The van der Waals surface area contributed by atoms with Crippen molar-refractivity contribution in [1.82, 2.24) is 0 Å². The molecule has 0 heterocycles. The Morgan fingerprint density at radius 1 is 1.20 bits per heavy atom. The van der Waals surface area contributed by atoms with Crippen LogP contribution in [0.25, 0.3) is 16.3 Å². The van der Waals surface area contributed by atoms with Crippen LogP contribution in [0.1, 0.15) is 18.1 Å². The van der Waals surface area contributed by atoms with E-state index in [-0.39, 0.29) is 0 Å². The fraction of sp³-hybridized carbons (Fsp3) is 0.143. The lowest BCUT2D eigenvalue weighted by molar-refractivity contribution is 1.34. The van der Waals surface area contributed by atoms with E-state index < -0.39 is 0 Å². The molecular weight excluding hydrogens is 248 g/mol. The summed E-state index contributed by atoms with van der Waals surface area (Å²) in [7, 11) is 0. The molecule has 1 aliphatic rings. The van der Waals surface area contributed by atoms with Gasteiger partial charge in [0.2, 0.25) is 0 Å². The van der Waals surface area contributed by atoms with Crippen molar-refractivity contribution in [3.05, 3.63) is 52.0 Å². The van der Waals surface area contributed by atoms with Crippen molar-refractivity contribution < 1.29 is 0 Å². The number of halogens is 1. The van der Waals surface area contributed by atoms with Gasteiger partial charge in [0.25, 0.3) is 0 Å². The highest BCUT2D eigenvalue weighted by Gasteiger charge is 2.16. The van der Waals surface area contributed by atoms with Crippen LogP contribution in [0.4, 0.5) is 0 Å². The monoisotopic (exact) mass is 258 g/mol. The highest BCUT2D eigenvalue weighted by Crippen LogP contribution is 2.38. The van der Waals surface area contributed by atoms with Crippen molar-refractivity contribution in [2.75, 3.05) is 0 Å². The normalized spacial score (nSPS) is 14.1. The van der Waals surface area contributed by atoms with Gasteiger partial charge in [-0.2, -0.15) is 0 Å². The fourth-order valence-corrected chi connectivity index (χ4v) is 3.18. The van der Waals surface area contributed by atoms with Gasteiger partial charge in [-0.25, -0.2) is 0 Å². The van der Waals surface area contributed by atoms with Crippen LogP contribution in [0.5, 0.6) is 0 Å². The summed E-state index contributed by atoms with van der Waals surface area (Å²) in [5, 5.41) is 2.72. The summed E-state index contributed by atoms with van der Waals surface area (Å²) in [6.07, 6.45) is 3.38. The molecule has 74 valence electrons. The lowest BCUT2D eigenvalue weighted by Crippen LogP contribution is -1.88. The molecule has 0 radical (unpaired) electrons. The molecule has 0 N–H and O–H groups in total. The second-order valence-corrected chi connectivity index (χ2v) is 4.88. The maximum atomic E-state index is 3.67. The summed E-state index contributed by atoms with van der Waals surface area (Å²) >= 11 is 3.67. The molecule has 0 aliphatic heterocycles. The van der Waals surface area contributed by atoms with E-state index in [0.29, 0.717) is 0 Å². The second-order valence-electron chi connectivity index (χ2n) is 4.02. The van der Waals surface area contributed by atoms with Crippen molar-refractivity contribution in [2.24, 2.45) is 0 Å². The minimum atomic E-state index is 1.07. The first-order chi connectivity index (χ1) is 7.27. The maximum absolute atomic E-state index is 3.67. The van der Waals surface area contributed by atoms with E-state index in [2.05, 4.69) is 59.3 Å². The number of hydrogen-bond acceptors (Lipinski definition) is 0. The molecule has 0 atom stereocenters. The molecule has 2 aromatic carbocycles. The Bertz CT molecular complexity index is 579. The van der Waals surface area contributed by atoms with Crippen LogP contribution in [0.3, 0.4) is 0 Å². The lowest BCUT2D eigenvalue weighted by atomic mass is 9.99. The molecule has 0 nitrogen and oxygen atoms in total. The van der Waals surface area contributed by atoms with E-state index in [4.69, 9.17) is 0 Å². The van der Waals surface area contributed by atoms with E-state index in [1.807, 2.05) is 0 Å². The molecule has 0 spiro atoms. The van der Waals surface area contributed by atoms with E-state index in [9.17, 15) is 0 Å². The molecular formula is C14H11Br. The van der Waals surface area contributed by atoms with Gasteiger partial charge in [0.1, 0.15) is 0 Å². The third-order valence-electron chi connectivity index (χ3n) is 3.12. The quantitative estimate of drug-likeness (QED) is 0.650. The summed E-state index contributed by atoms with van der Waals surface area (Å²) in [4.78, 5) is 0. The van der Waals surface area contributed by atoms with Gasteiger partial charge >= 0.3 is 0 Å². The SMILES string of the molecule is CC1=CCc2c1c(Br)cc1ccccc21. The molecule has 3 rings (SSSR count). The third kappa shape index (κ3) is 1.26. The number of benzene rings is 2. The molecule has 0 saturated carbocycles. The Morgan fingerprint density at radius 3 is 2.87 bits per heavy atom. The van der Waals surface area contributed by atoms with Crippen molar-refractivity contribution in [1.29, 1.82) is 0 Å². The summed E-state index contributed by atoms with van der Waals surface area (Å²) in [5.74, 6) is 0. The van der Waals surface area contributed by atoms with Crippen molar-refractivity contribution in [2.45, 2.75) is 13.3 Å². The van der Waals surface area contributed by atoms with Crippen LogP contribution in [-0.2, 0) is 6.42 Å². The highest BCUT2D eigenvalue weighted by atomic mass is 79.9. The smallest absolute Gasteiger partial charge is 0.0259 e. The Hall–Kier alpha value is -1.08. The zero-order valence-electron chi connectivity index (χ0n) is 8.55. The predicted octanol–water partition coefficient (Wildman–Crippen LogP) is 4.56. The highest BCUT2D eigenvalue weighted by molar-refractivity contribution is 9.10. The molecule has 1 heteroatoms. The van der Waals surface area contributed by atoms with Crippen LogP contribution < -0.4 is 0 Å². The van der Waals surface area contributed by atoms with Gasteiger partial charge in [0.15, 0.2) is 0 Å². The fourth-order valence-electron chi connectivity index (χ4n) is 2.38. The number of allylic oxidation sites excluding steroid dienone is 2. The summed E-state index contributed by atoms with van der Waals surface area (Å²) in [6, 6.07) is 10.8. The predicted molar refractivity (Wildman–Crippen MR) is 69.0 cm³/mol. The van der Waals surface area contributed by atoms with Gasteiger partial charge < -0.3 is 0 Å². The Kier molecular flexibility index (Phi) is 1.96. The summed E-state index contributed by atoms with van der Waals surface area (Å²) in [6.45, 7) is 2.19. The second kappa shape index (κ2) is 3.21. The molecule has 0 bridgehead atoms. The molecule has 0 amide bonds. The number of fused-ring (bicyclic) bond motifs is 3. The van der Waals surface area contributed by atoms with Crippen LogP contribution >= 0.6 is 15.9 Å². The van der Waals surface area contributed by atoms with Crippen LogP contribution in [0.2, 0.25) is 0 Å². The van der Waals surface area contributed by atoms with Gasteiger partial charge in [-0.15, -0.1) is 0 Å². The first-order valence-corrected chi connectivity index (χ1v) is 5.94. The summed E-state index contributed by atoms with van der Waals surface area (Å²) < 4.78 is 1.22.